The number of nitrogens with zero attached hydrogens (tertiary/aromatic N) is 5. The Morgan fingerprint density at radius 1 is 1.14 bits per heavy atom. The third kappa shape index (κ3) is 2.90. The zero-order valence-electron chi connectivity index (χ0n) is 14.2. The van der Waals surface area contributed by atoms with Gasteiger partial charge in [-0.2, -0.15) is 22.7 Å². The second-order valence-corrected chi connectivity index (χ2v) is 7.29. The van der Waals surface area contributed by atoms with Gasteiger partial charge in [0.2, 0.25) is 5.95 Å². The summed E-state index contributed by atoms with van der Waals surface area (Å²) >= 11 is 6.09. The summed E-state index contributed by atoms with van der Waals surface area (Å²) in [5.74, 6) is -0.703. The third-order valence-corrected chi connectivity index (χ3v) is 5.22. The zero-order chi connectivity index (χ0) is 19.6. The fourth-order valence-electron chi connectivity index (χ4n) is 3.76. The molecule has 1 fully saturated rings. The van der Waals surface area contributed by atoms with Crippen molar-refractivity contribution in [1.29, 1.82) is 0 Å². The predicted octanol–water partition coefficient (Wildman–Crippen LogP) is 4.70. The molecule has 0 bridgehead atoms. The van der Waals surface area contributed by atoms with Crippen molar-refractivity contribution in [3.8, 4) is 0 Å². The number of fused-ring (bicyclic) bond motifs is 2. The number of imidazole rings is 1. The van der Waals surface area contributed by atoms with Crippen LogP contribution in [0.2, 0.25) is 5.15 Å². The van der Waals surface area contributed by atoms with Crippen LogP contribution in [0.3, 0.4) is 0 Å². The maximum absolute atomic E-state index is 13.9. The van der Waals surface area contributed by atoms with E-state index < -0.39 is 18.7 Å². The van der Waals surface area contributed by atoms with Gasteiger partial charge < -0.3 is 0 Å². The molecule has 3 heterocycles. The highest BCUT2D eigenvalue weighted by molar-refractivity contribution is 6.29. The van der Waals surface area contributed by atoms with Crippen LogP contribution in [0, 0.1) is 5.95 Å². The topological polar surface area (TPSA) is 48.0 Å². The number of hydrogen-bond donors (Lipinski definition) is 0. The van der Waals surface area contributed by atoms with Gasteiger partial charge in [0.25, 0.3) is 0 Å². The van der Waals surface area contributed by atoms with Crippen LogP contribution in [-0.2, 0) is 6.54 Å². The van der Waals surface area contributed by atoms with E-state index in [9.17, 15) is 17.6 Å². The van der Waals surface area contributed by atoms with E-state index in [2.05, 4.69) is 15.2 Å². The molecule has 1 aliphatic carbocycles. The van der Waals surface area contributed by atoms with Crippen LogP contribution in [0.4, 0.5) is 17.6 Å². The van der Waals surface area contributed by atoms with E-state index in [-0.39, 0.29) is 22.7 Å². The fraction of sp³-hybridized carbons (Fsp3) is 0.278. The van der Waals surface area contributed by atoms with Crippen molar-refractivity contribution in [3.05, 3.63) is 58.9 Å². The van der Waals surface area contributed by atoms with Crippen LogP contribution >= 0.6 is 11.6 Å². The SMILES string of the molecule is Fc1nn(CC(F)(F)F)c2cc(C3C[C@@H]3c3cc(Cl)nn4ccnc34)ccc12. The molecule has 4 aromatic rings. The molecule has 0 amide bonds. The number of halogens is 5. The highest BCUT2D eigenvalue weighted by atomic mass is 35.5. The molecule has 1 aliphatic rings. The van der Waals surface area contributed by atoms with Crippen molar-refractivity contribution in [1.82, 2.24) is 24.4 Å². The molecule has 5 rings (SSSR count). The minimum Gasteiger partial charge on any atom is -0.253 e. The van der Waals surface area contributed by atoms with Gasteiger partial charge in [0, 0.05) is 18.0 Å². The first kappa shape index (κ1) is 17.4. The summed E-state index contributed by atoms with van der Waals surface area (Å²) in [6, 6.07) is 6.58. The van der Waals surface area contributed by atoms with Gasteiger partial charge in [0.05, 0.1) is 10.9 Å². The molecule has 0 N–H and O–H groups in total. The van der Waals surface area contributed by atoms with E-state index in [1.165, 1.54) is 6.07 Å². The van der Waals surface area contributed by atoms with Gasteiger partial charge in [0.1, 0.15) is 11.7 Å². The number of aromatic nitrogens is 5. The summed E-state index contributed by atoms with van der Waals surface area (Å²) in [4.78, 5) is 4.31. The zero-order valence-corrected chi connectivity index (χ0v) is 14.9. The average molecular weight is 410 g/mol. The van der Waals surface area contributed by atoms with E-state index in [4.69, 9.17) is 11.6 Å². The molecule has 1 saturated carbocycles. The summed E-state index contributed by atoms with van der Waals surface area (Å²) in [5, 5.41) is 7.98. The predicted molar refractivity (Wildman–Crippen MR) is 93.8 cm³/mol. The highest BCUT2D eigenvalue weighted by Gasteiger charge is 2.41. The lowest BCUT2D eigenvalue weighted by Gasteiger charge is -2.08. The van der Waals surface area contributed by atoms with Gasteiger partial charge in [-0.3, -0.25) is 4.68 Å². The van der Waals surface area contributed by atoms with Crippen LogP contribution in [-0.4, -0.2) is 30.6 Å². The summed E-state index contributed by atoms with van der Waals surface area (Å²) in [6.07, 6.45) is -0.357. The van der Waals surface area contributed by atoms with E-state index in [0.717, 1.165) is 17.5 Å². The van der Waals surface area contributed by atoms with Crippen molar-refractivity contribution in [2.45, 2.75) is 31.0 Å². The van der Waals surface area contributed by atoms with Crippen molar-refractivity contribution >= 4 is 28.2 Å². The second-order valence-electron chi connectivity index (χ2n) is 6.91. The van der Waals surface area contributed by atoms with Gasteiger partial charge in [-0.15, -0.1) is 5.10 Å². The summed E-state index contributed by atoms with van der Waals surface area (Å²) < 4.78 is 54.5. The number of rotatable bonds is 3. The number of benzene rings is 1. The van der Waals surface area contributed by atoms with Gasteiger partial charge in [-0.05, 0) is 42.0 Å². The molecule has 10 heteroatoms. The smallest absolute Gasteiger partial charge is 0.253 e. The molecular weight excluding hydrogens is 398 g/mol. The van der Waals surface area contributed by atoms with Crippen LogP contribution in [0.1, 0.15) is 29.4 Å². The molecule has 3 aromatic heterocycles. The lowest BCUT2D eigenvalue weighted by Crippen LogP contribution is -2.18. The van der Waals surface area contributed by atoms with Gasteiger partial charge >= 0.3 is 6.18 Å². The summed E-state index contributed by atoms with van der Waals surface area (Å²) in [6.45, 7) is -1.33. The minimum atomic E-state index is -4.48. The Kier molecular flexibility index (Phi) is 3.67. The van der Waals surface area contributed by atoms with E-state index >= 15 is 0 Å². The Morgan fingerprint density at radius 2 is 1.96 bits per heavy atom. The van der Waals surface area contributed by atoms with Crippen LogP contribution < -0.4 is 0 Å². The maximum Gasteiger partial charge on any atom is 0.408 e. The minimum absolute atomic E-state index is 0.0767. The molecule has 0 saturated heterocycles. The van der Waals surface area contributed by atoms with Crippen LogP contribution in [0.15, 0.2) is 36.7 Å². The Labute approximate surface area is 160 Å². The maximum atomic E-state index is 13.9. The molecular formula is C18H12ClF4N5. The lowest BCUT2D eigenvalue weighted by atomic mass is 10.0. The molecule has 0 spiro atoms. The van der Waals surface area contributed by atoms with Crippen LogP contribution in [0.25, 0.3) is 16.6 Å². The summed E-state index contributed by atoms with van der Waals surface area (Å²) in [5.41, 5.74) is 2.60. The monoisotopic (exact) mass is 409 g/mol. The first-order valence-electron chi connectivity index (χ1n) is 8.53. The van der Waals surface area contributed by atoms with Gasteiger partial charge in [0.15, 0.2) is 5.65 Å². The molecule has 1 aromatic carbocycles. The van der Waals surface area contributed by atoms with E-state index in [0.29, 0.717) is 15.5 Å². The first-order valence-corrected chi connectivity index (χ1v) is 8.90. The Bertz CT molecular complexity index is 1210. The molecule has 28 heavy (non-hydrogen) atoms. The average Bonchev–Trinajstić information content (AvgIpc) is 3.18. The Morgan fingerprint density at radius 3 is 2.75 bits per heavy atom. The standard InChI is InChI=1S/C18H12ClF4N5/c19-15-7-13(17-24-3-4-27(17)25-15)12-6-11(12)9-1-2-10-14(5-9)28(26-16(10)20)8-18(21,22)23/h1-5,7,11-12H,6,8H2/t11?,12-/m0/s1. The molecule has 0 aliphatic heterocycles. The largest absolute Gasteiger partial charge is 0.408 e. The van der Waals surface area contributed by atoms with Crippen molar-refractivity contribution in [2.75, 3.05) is 0 Å². The number of hydrogen-bond acceptors (Lipinski definition) is 3. The molecule has 5 nitrogen and oxygen atoms in total. The molecule has 1 unspecified atom stereocenters. The Balaban J connectivity index is 1.52. The normalized spacial score (nSPS) is 19.6. The van der Waals surface area contributed by atoms with Gasteiger partial charge in [-0.1, -0.05) is 17.7 Å². The van der Waals surface area contributed by atoms with Crippen LogP contribution in [0.5, 0.6) is 0 Å². The Hall–Kier alpha value is -2.68. The number of alkyl halides is 3. The fourth-order valence-corrected chi connectivity index (χ4v) is 3.96. The third-order valence-electron chi connectivity index (χ3n) is 5.04. The van der Waals surface area contributed by atoms with Crippen molar-refractivity contribution in [2.24, 2.45) is 0 Å². The van der Waals surface area contributed by atoms with E-state index in [1.54, 1.807) is 35.1 Å². The first-order chi connectivity index (χ1) is 13.3. The second kappa shape index (κ2) is 5.91. The molecule has 144 valence electrons. The van der Waals surface area contributed by atoms with Gasteiger partial charge in [-0.25, -0.2) is 9.50 Å². The van der Waals surface area contributed by atoms with E-state index in [1.807, 2.05) is 0 Å². The van der Waals surface area contributed by atoms with Crippen molar-refractivity contribution < 1.29 is 17.6 Å². The molecule has 2 atom stereocenters. The molecule has 0 radical (unpaired) electrons. The quantitative estimate of drug-likeness (QED) is 0.461. The summed E-state index contributed by atoms with van der Waals surface area (Å²) in [7, 11) is 0. The van der Waals surface area contributed by atoms with Crippen molar-refractivity contribution in [3.63, 3.8) is 0 Å². The highest BCUT2D eigenvalue weighted by Crippen LogP contribution is 2.55. The lowest BCUT2D eigenvalue weighted by molar-refractivity contribution is -0.142.